The quantitative estimate of drug-likeness (QED) is 0.838. The average Bonchev–Trinajstić information content (AvgIpc) is 2.81. The second-order valence-electron chi connectivity index (χ2n) is 4.95. The predicted molar refractivity (Wildman–Crippen MR) is 64.4 cm³/mol. The lowest BCUT2D eigenvalue weighted by atomic mass is 10.1. The molecule has 1 unspecified atom stereocenters. The molecular weight excluding hydrogens is 256 g/mol. The fourth-order valence-corrected chi connectivity index (χ4v) is 2.72. The summed E-state index contributed by atoms with van der Waals surface area (Å²) in [7, 11) is -3.84. The summed E-state index contributed by atoms with van der Waals surface area (Å²) < 4.78 is 29.9. The first kappa shape index (κ1) is 13.4. The number of sulfonamides is 1. The minimum atomic E-state index is -3.84. The van der Waals surface area contributed by atoms with Crippen LogP contribution in [0.2, 0.25) is 0 Å². The Kier molecular flexibility index (Phi) is 3.69. The van der Waals surface area contributed by atoms with E-state index < -0.39 is 10.0 Å². The third kappa shape index (κ3) is 2.70. The van der Waals surface area contributed by atoms with E-state index in [2.05, 4.69) is 10.2 Å². The van der Waals surface area contributed by atoms with Crippen molar-refractivity contribution in [3.63, 3.8) is 0 Å². The first-order valence-corrected chi connectivity index (χ1v) is 7.48. The van der Waals surface area contributed by atoms with Crippen LogP contribution in [0.15, 0.2) is 5.16 Å². The molecule has 1 aromatic heterocycles. The summed E-state index contributed by atoms with van der Waals surface area (Å²) >= 11 is 0. The predicted octanol–water partition coefficient (Wildman–Crippen LogP) is 0.0854. The Labute approximate surface area is 106 Å². The molecule has 0 aromatic carbocycles. The SMILES string of the molecule is CC(C)Cn1c(C2CCOC2)nnc1S(N)(=O)=O. The van der Waals surface area contributed by atoms with Crippen molar-refractivity contribution in [2.24, 2.45) is 11.1 Å². The van der Waals surface area contributed by atoms with Crippen LogP contribution in [0.25, 0.3) is 0 Å². The molecule has 2 rings (SSSR count). The molecule has 7 nitrogen and oxygen atoms in total. The molecule has 2 N–H and O–H groups in total. The van der Waals surface area contributed by atoms with Gasteiger partial charge in [-0.1, -0.05) is 13.8 Å². The molecule has 0 amide bonds. The van der Waals surface area contributed by atoms with Crippen molar-refractivity contribution in [1.29, 1.82) is 0 Å². The van der Waals surface area contributed by atoms with Crippen LogP contribution in [0.3, 0.4) is 0 Å². The summed E-state index contributed by atoms with van der Waals surface area (Å²) in [5.41, 5.74) is 0. The van der Waals surface area contributed by atoms with Crippen molar-refractivity contribution in [3.05, 3.63) is 5.82 Å². The van der Waals surface area contributed by atoms with E-state index in [1.807, 2.05) is 13.8 Å². The molecule has 0 saturated carbocycles. The lowest BCUT2D eigenvalue weighted by Gasteiger charge is -2.14. The Morgan fingerprint density at radius 1 is 1.50 bits per heavy atom. The first-order valence-electron chi connectivity index (χ1n) is 5.93. The second-order valence-corrected chi connectivity index (χ2v) is 6.41. The number of hydrogen-bond donors (Lipinski definition) is 1. The minimum Gasteiger partial charge on any atom is -0.381 e. The molecule has 0 spiro atoms. The summed E-state index contributed by atoms with van der Waals surface area (Å²) in [6, 6.07) is 0. The fourth-order valence-electron chi connectivity index (χ4n) is 2.09. The number of primary sulfonamides is 1. The van der Waals surface area contributed by atoms with E-state index in [0.717, 1.165) is 6.42 Å². The maximum Gasteiger partial charge on any atom is 0.273 e. The highest BCUT2D eigenvalue weighted by Crippen LogP contribution is 2.25. The zero-order valence-corrected chi connectivity index (χ0v) is 11.4. The molecule has 1 atom stereocenters. The van der Waals surface area contributed by atoms with Crippen LogP contribution in [0.1, 0.15) is 32.0 Å². The Hall–Kier alpha value is -0.990. The standard InChI is InChI=1S/C10H18N4O3S/c1-7(2)5-14-9(8-3-4-17-6-8)12-13-10(14)18(11,15)16/h7-8H,3-6H2,1-2H3,(H2,11,15,16). The maximum absolute atomic E-state index is 11.5. The summed E-state index contributed by atoms with van der Waals surface area (Å²) in [6.07, 6.45) is 0.834. The van der Waals surface area contributed by atoms with Gasteiger partial charge in [0.15, 0.2) is 0 Å². The number of nitrogens with two attached hydrogens (primary N) is 1. The van der Waals surface area contributed by atoms with Crippen molar-refractivity contribution in [1.82, 2.24) is 14.8 Å². The van der Waals surface area contributed by atoms with E-state index in [1.54, 1.807) is 4.57 Å². The topological polar surface area (TPSA) is 100 Å². The number of aromatic nitrogens is 3. The highest BCUT2D eigenvalue weighted by molar-refractivity contribution is 7.89. The van der Waals surface area contributed by atoms with Gasteiger partial charge in [0.2, 0.25) is 0 Å². The van der Waals surface area contributed by atoms with Crippen LogP contribution < -0.4 is 5.14 Å². The van der Waals surface area contributed by atoms with Gasteiger partial charge in [-0.3, -0.25) is 0 Å². The van der Waals surface area contributed by atoms with Crippen LogP contribution >= 0.6 is 0 Å². The van der Waals surface area contributed by atoms with Gasteiger partial charge in [0.05, 0.1) is 6.61 Å². The summed E-state index contributed by atoms with van der Waals surface area (Å²) in [4.78, 5) is 0. The van der Waals surface area contributed by atoms with Gasteiger partial charge in [-0.15, -0.1) is 10.2 Å². The smallest absolute Gasteiger partial charge is 0.273 e. The molecule has 1 aliphatic heterocycles. The lowest BCUT2D eigenvalue weighted by molar-refractivity contribution is 0.192. The Morgan fingerprint density at radius 2 is 2.22 bits per heavy atom. The molecule has 2 heterocycles. The molecule has 18 heavy (non-hydrogen) atoms. The van der Waals surface area contributed by atoms with Gasteiger partial charge in [0.1, 0.15) is 5.82 Å². The van der Waals surface area contributed by atoms with E-state index >= 15 is 0 Å². The van der Waals surface area contributed by atoms with Gasteiger partial charge < -0.3 is 9.30 Å². The van der Waals surface area contributed by atoms with Gasteiger partial charge in [0, 0.05) is 19.1 Å². The minimum absolute atomic E-state index is 0.103. The highest BCUT2D eigenvalue weighted by atomic mass is 32.2. The average molecular weight is 274 g/mol. The molecular formula is C10H18N4O3S. The van der Waals surface area contributed by atoms with Crippen molar-refractivity contribution >= 4 is 10.0 Å². The van der Waals surface area contributed by atoms with Crippen LogP contribution in [-0.2, 0) is 21.3 Å². The van der Waals surface area contributed by atoms with E-state index in [-0.39, 0.29) is 17.0 Å². The molecule has 0 radical (unpaired) electrons. The van der Waals surface area contributed by atoms with Crippen molar-refractivity contribution in [2.45, 2.75) is 37.9 Å². The van der Waals surface area contributed by atoms with Gasteiger partial charge in [-0.2, -0.15) is 0 Å². The third-order valence-corrected chi connectivity index (χ3v) is 3.65. The fraction of sp³-hybridized carbons (Fsp3) is 0.800. The van der Waals surface area contributed by atoms with Crippen LogP contribution in [0.5, 0.6) is 0 Å². The third-order valence-electron chi connectivity index (χ3n) is 2.84. The van der Waals surface area contributed by atoms with Crippen LogP contribution in [-0.4, -0.2) is 36.4 Å². The molecule has 1 saturated heterocycles. The zero-order chi connectivity index (χ0) is 13.3. The Balaban J connectivity index is 2.43. The molecule has 1 fully saturated rings. The normalized spacial score (nSPS) is 20.8. The molecule has 1 aliphatic rings. The van der Waals surface area contributed by atoms with E-state index in [0.29, 0.717) is 25.6 Å². The molecule has 1 aromatic rings. The van der Waals surface area contributed by atoms with E-state index in [9.17, 15) is 8.42 Å². The van der Waals surface area contributed by atoms with Gasteiger partial charge >= 0.3 is 0 Å². The highest BCUT2D eigenvalue weighted by Gasteiger charge is 2.28. The summed E-state index contributed by atoms with van der Waals surface area (Å²) in [5, 5.41) is 12.7. The molecule has 102 valence electrons. The maximum atomic E-state index is 11.5. The van der Waals surface area contributed by atoms with Crippen molar-refractivity contribution < 1.29 is 13.2 Å². The summed E-state index contributed by atoms with van der Waals surface area (Å²) in [5.74, 6) is 1.04. The van der Waals surface area contributed by atoms with Crippen molar-refractivity contribution in [3.8, 4) is 0 Å². The Morgan fingerprint density at radius 3 is 2.72 bits per heavy atom. The van der Waals surface area contributed by atoms with Gasteiger partial charge in [0.25, 0.3) is 15.2 Å². The second kappa shape index (κ2) is 4.94. The van der Waals surface area contributed by atoms with E-state index in [1.165, 1.54) is 0 Å². The lowest BCUT2D eigenvalue weighted by Crippen LogP contribution is -2.22. The van der Waals surface area contributed by atoms with Gasteiger partial charge in [-0.25, -0.2) is 13.6 Å². The van der Waals surface area contributed by atoms with E-state index in [4.69, 9.17) is 9.88 Å². The first-order chi connectivity index (χ1) is 8.39. The number of ether oxygens (including phenoxy) is 1. The Bertz CT molecular complexity index is 517. The monoisotopic (exact) mass is 274 g/mol. The largest absolute Gasteiger partial charge is 0.381 e. The van der Waals surface area contributed by atoms with Crippen molar-refractivity contribution in [2.75, 3.05) is 13.2 Å². The molecule has 8 heteroatoms. The van der Waals surface area contributed by atoms with Crippen LogP contribution in [0, 0.1) is 5.92 Å². The number of rotatable bonds is 4. The summed E-state index contributed by atoms with van der Waals surface area (Å²) in [6.45, 7) is 5.76. The number of hydrogen-bond acceptors (Lipinski definition) is 5. The molecule has 0 aliphatic carbocycles. The zero-order valence-electron chi connectivity index (χ0n) is 10.5. The molecule has 0 bridgehead atoms. The van der Waals surface area contributed by atoms with Crippen LogP contribution in [0.4, 0.5) is 0 Å². The number of nitrogens with zero attached hydrogens (tertiary/aromatic N) is 3. The van der Waals surface area contributed by atoms with Gasteiger partial charge in [-0.05, 0) is 12.3 Å².